The van der Waals surface area contributed by atoms with Crippen molar-refractivity contribution >= 4 is 0 Å². The van der Waals surface area contributed by atoms with Gasteiger partial charge in [0, 0.05) is 11.3 Å². The van der Waals surface area contributed by atoms with Gasteiger partial charge in [-0.1, -0.05) is 13.3 Å². The Hall–Kier alpha value is -1.32. The minimum atomic E-state index is -0.559. The molecule has 0 saturated carbocycles. The Morgan fingerprint density at radius 3 is 2.54 bits per heavy atom. The lowest BCUT2D eigenvalue weighted by atomic mass is 10.1. The summed E-state index contributed by atoms with van der Waals surface area (Å²) in [7, 11) is 0. The molecule has 2 N–H and O–H groups in total. The lowest BCUT2D eigenvalue weighted by Gasteiger charge is -2.01. The highest BCUT2D eigenvalue weighted by atomic mass is 16.2. The average molecular weight is 182 g/mol. The van der Waals surface area contributed by atoms with Crippen LogP contribution in [0.25, 0.3) is 0 Å². The molecular formula is C9H14N2O2. The first-order valence-electron chi connectivity index (χ1n) is 4.47. The quantitative estimate of drug-likeness (QED) is 0.676. The number of rotatable bonds is 3. The van der Waals surface area contributed by atoms with Crippen LogP contribution in [0.4, 0.5) is 0 Å². The number of aromatic nitrogens is 2. The van der Waals surface area contributed by atoms with Crippen LogP contribution in [0.15, 0.2) is 9.59 Å². The van der Waals surface area contributed by atoms with E-state index >= 15 is 0 Å². The summed E-state index contributed by atoms with van der Waals surface area (Å²) in [5.41, 5.74) is 0.421. The molecule has 0 radical (unpaired) electrons. The molecular weight excluding hydrogens is 168 g/mol. The number of unbranched alkanes of at least 4 members (excludes halogenated alkanes) is 1. The zero-order valence-electron chi connectivity index (χ0n) is 7.94. The molecule has 13 heavy (non-hydrogen) atoms. The zero-order valence-corrected chi connectivity index (χ0v) is 7.94. The minimum Gasteiger partial charge on any atom is -0.302 e. The van der Waals surface area contributed by atoms with Gasteiger partial charge in [0.25, 0.3) is 0 Å². The number of nitrogens with one attached hydrogen (secondary N) is 2. The van der Waals surface area contributed by atoms with E-state index in [1.807, 2.05) is 0 Å². The second kappa shape index (κ2) is 4.07. The zero-order chi connectivity index (χ0) is 9.84. The summed E-state index contributed by atoms with van der Waals surface area (Å²) in [4.78, 5) is 22.3. The fraction of sp³-hybridized carbons (Fsp3) is 0.556. The maximum absolute atomic E-state index is 11.3. The monoisotopic (exact) mass is 182 g/mol. The molecule has 1 aromatic rings. The van der Waals surface area contributed by atoms with Crippen LogP contribution in [0, 0.1) is 6.92 Å². The predicted molar refractivity (Wildman–Crippen MR) is 51.0 cm³/mol. The lowest BCUT2D eigenvalue weighted by molar-refractivity contribution is 0.767. The smallest absolute Gasteiger partial charge is 0.302 e. The van der Waals surface area contributed by atoms with E-state index in [-0.39, 0.29) is 0 Å². The van der Waals surface area contributed by atoms with Crippen LogP contribution in [0.1, 0.15) is 31.0 Å². The molecule has 72 valence electrons. The van der Waals surface area contributed by atoms with Crippen molar-refractivity contribution in [3.8, 4) is 0 Å². The summed E-state index contributed by atoms with van der Waals surface area (Å²) in [5.74, 6) is 0. The molecule has 0 fully saturated rings. The number of hydrogen-bond donors (Lipinski definition) is 2. The third-order valence-electron chi connectivity index (χ3n) is 2.08. The summed E-state index contributed by atoms with van der Waals surface area (Å²) in [5, 5.41) is 4.97. The van der Waals surface area contributed by atoms with Crippen LogP contribution in [0.2, 0.25) is 0 Å². The Morgan fingerprint density at radius 2 is 1.92 bits per heavy atom. The number of hydrogen-bond acceptors (Lipinski definition) is 2. The molecule has 1 aromatic heterocycles. The van der Waals surface area contributed by atoms with Crippen molar-refractivity contribution in [3.05, 3.63) is 31.8 Å². The molecule has 0 unspecified atom stereocenters. The van der Waals surface area contributed by atoms with E-state index in [0.29, 0.717) is 12.0 Å². The van der Waals surface area contributed by atoms with Gasteiger partial charge in [0.1, 0.15) is 0 Å². The molecule has 0 atom stereocenters. The molecule has 0 saturated heterocycles. The third-order valence-corrected chi connectivity index (χ3v) is 2.08. The van der Waals surface area contributed by atoms with Gasteiger partial charge in [-0.25, -0.2) is 0 Å². The van der Waals surface area contributed by atoms with Crippen LogP contribution >= 0.6 is 0 Å². The van der Waals surface area contributed by atoms with Crippen molar-refractivity contribution in [1.82, 2.24) is 10.2 Å². The average Bonchev–Trinajstić information content (AvgIpc) is 2.12. The molecule has 0 aliphatic rings. The van der Waals surface area contributed by atoms with E-state index in [1.54, 1.807) is 6.92 Å². The normalized spacial score (nSPS) is 10.3. The molecule has 0 aromatic carbocycles. The van der Waals surface area contributed by atoms with E-state index in [9.17, 15) is 9.59 Å². The minimum absolute atomic E-state index is 0.398. The van der Waals surface area contributed by atoms with Crippen LogP contribution in [-0.4, -0.2) is 10.2 Å². The Morgan fingerprint density at radius 1 is 1.23 bits per heavy atom. The Labute approximate surface area is 76.0 Å². The van der Waals surface area contributed by atoms with Crippen molar-refractivity contribution in [2.45, 2.75) is 33.1 Å². The predicted octanol–water partition coefficient (Wildman–Crippen LogP) is 0.714. The molecule has 1 heterocycles. The first-order valence-corrected chi connectivity index (χ1v) is 4.47. The molecule has 0 aliphatic heterocycles. The third kappa shape index (κ3) is 2.08. The highest BCUT2D eigenvalue weighted by Gasteiger charge is 2.05. The van der Waals surface area contributed by atoms with Gasteiger partial charge in [-0.15, -0.1) is 0 Å². The highest BCUT2D eigenvalue weighted by Crippen LogP contribution is 2.01. The number of aryl methyl sites for hydroxylation is 1. The molecule has 1 rings (SSSR count). The maximum Gasteiger partial charge on any atom is 0.310 e. The van der Waals surface area contributed by atoms with E-state index in [0.717, 1.165) is 18.5 Å². The highest BCUT2D eigenvalue weighted by molar-refractivity contribution is 5.16. The van der Waals surface area contributed by atoms with Gasteiger partial charge in [-0.05, 0) is 19.8 Å². The molecule has 0 amide bonds. The molecule has 4 nitrogen and oxygen atoms in total. The maximum atomic E-state index is 11.3. The van der Waals surface area contributed by atoms with Gasteiger partial charge in [0.15, 0.2) is 0 Å². The standard InChI is InChI=1S/C9H14N2O2/c1-3-4-5-7-6(2)10-11-9(13)8(7)12/h3-5H2,1-2H3,(H,10,12)(H,11,13). The van der Waals surface area contributed by atoms with Gasteiger partial charge in [0.2, 0.25) is 5.43 Å². The molecule has 4 heteroatoms. The number of H-pyrrole nitrogens is 2. The van der Waals surface area contributed by atoms with Gasteiger partial charge >= 0.3 is 5.56 Å². The fourth-order valence-electron chi connectivity index (χ4n) is 1.24. The van der Waals surface area contributed by atoms with Gasteiger partial charge < -0.3 is 5.10 Å². The summed E-state index contributed by atoms with van der Waals surface area (Å²) in [6.07, 6.45) is 2.64. The van der Waals surface area contributed by atoms with Crippen LogP contribution in [-0.2, 0) is 6.42 Å². The van der Waals surface area contributed by atoms with E-state index < -0.39 is 11.0 Å². The fourth-order valence-corrected chi connectivity index (χ4v) is 1.24. The lowest BCUT2D eigenvalue weighted by Crippen LogP contribution is -2.32. The summed E-state index contributed by atoms with van der Waals surface area (Å²) in [6, 6.07) is 0. The van der Waals surface area contributed by atoms with Gasteiger partial charge in [0.05, 0.1) is 0 Å². The molecule has 0 aliphatic carbocycles. The Balaban J connectivity index is 3.11. The SMILES string of the molecule is CCCCc1c(C)[nH][nH]c(=O)c1=O. The van der Waals surface area contributed by atoms with E-state index in [1.165, 1.54) is 0 Å². The van der Waals surface area contributed by atoms with E-state index in [4.69, 9.17) is 0 Å². The van der Waals surface area contributed by atoms with Crippen molar-refractivity contribution in [3.63, 3.8) is 0 Å². The first-order chi connectivity index (χ1) is 6.16. The Kier molecular flexibility index (Phi) is 3.06. The van der Waals surface area contributed by atoms with Crippen molar-refractivity contribution < 1.29 is 0 Å². The van der Waals surface area contributed by atoms with Crippen LogP contribution in [0.3, 0.4) is 0 Å². The van der Waals surface area contributed by atoms with Crippen LogP contribution in [0.5, 0.6) is 0 Å². The van der Waals surface area contributed by atoms with Crippen molar-refractivity contribution in [1.29, 1.82) is 0 Å². The van der Waals surface area contributed by atoms with Crippen molar-refractivity contribution in [2.75, 3.05) is 0 Å². The Bertz CT molecular complexity index is 389. The second-order valence-corrected chi connectivity index (χ2v) is 3.12. The molecule has 0 bridgehead atoms. The topological polar surface area (TPSA) is 65.7 Å². The van der Waals surface area contributed by atoms with Gasteiger partial charge in [-0.3, -0.25) is 14.7 Å². The largest absolute Gasteiger partial charge is 0.310 e. The van der Waals surface area contributed by atoms with Crippen molar-refractivity contribution in [2.24, 2.45) is 0 Å². The van der Waals surface area contributed by atoms with E-state index in [2.05, 4.69) is 17.1 Å². The summed E-state index contributed by atoms with van der Waals surface area (Å²) < 4.78 is 0. The van der Waals surface area contributed by atoms with Crippen LogP contribution < -0.4 is 11.0 Å². The molecule has 0 spiro atoms. The summed E-state index contributed by atoms with van der Waals surface area (Å²) >= 11 is 0. The van der Waals surface area contributed by atoms with Gasteiger partial charge in [-0.2, -0.15) is 0 Å². The second-order valence-electron chi connectivity index (χ2n) is 3.12. The first kappa shape index (κ1) is 9.77. The summed E-state index contributed by atoms with van der Waals surface area (Å²) in [6.45, 7) is 3.85. The number of aromatic amines is 2.